The molecule has 0 spiro atoms. The first-order valence-electron chi connectivity index (χ1n) is 7.63. The molecular weight excluding hydrogens is 442 g/mol. The van der Waals surface area contributed by atoms with Crippen LogP contribution in [-0.4, -0.2) is 31.6 Å². The lowest BCUT2D eigenvalue weighted by atomic mass is 10.2. The van der Waals surface area contributed by atoms with E-state index in [1.807, 2.05) is 18.2 Å². The summed E-state index contributed by atoms with van der Waals surface area (Å²) in [5.74, 6) is 1.00. The number of halogens is 2. The minimum absolute atomic E-state index is 0.137. The Hall–Kier alpha value is -1.77. The number of benzene rings is 2. The van der Waals surface area contributed by atoms with E-state index in [0.29, 0.717) is 22.0 Å². The van der Waals surface area contributed by atoms with E-state index in [1.165, 1.54) is 4.31 Å². The Morgan fingerprint density at radius 1 is 1.23 bits per heavy atom. The molecule has 26 heavy (non-hydrogen) atoms. The van der Waals surface area contributed by atoms with Crippen LogP contribution in [0.1, 0.15) is 5.56 Å². The summed E-state index contributed by atoms with van der Waals surface area (Å²) in [6.45, 7) is 0.137. The lowest BCUT2D eigenvalue weighted by Crippen LogP contribution is -2.30. The van der Waals surface area contributed by atoms with Crippen LogP contribution in [0, 0.1) is 0 Å². The average molecular weight is 459 g/mol. The van der Waals surface area contributed by atoms with Gasteiger partial charge < -0.3 is 4.74 Å². The smallest absolute Gasteiger partial charge is 0.233 e. The number of ether oxygens (including phenoxy) is 1. The van der Waals surface area contributed by atoms with E-state index < -0.39 is 10.0 Å². The molecule has 138 valence electrons. The first kappa shape index (κ1) is 19.0. The third-order valence-electron chi connectivity index (χ3n) is 3.99. The van der Waals surface area contributed by atoms with Crippen molar-refractivity contribution in [2.75, 3.05) is 17.7 Å². The summed E-state index contributed by atoms with van der Waals surface area (Å²) >= 11 is 9.85. The van der Waals surface area contributed by atoms with E-state index >= 15 is 0 Å². The first-order valence-corrected chi connectivity index (χ1v) is 10.7. The molecule has 0 fully saturated rings. The number of anilines is 1. The van der Waals surface area contributed by atoms with Crippen molar-refractivity contribution < 1.29 is 13.2 Å². The Balaban J connectivity index is 2.15. The summed E-state index contributed by atoms with van der Waals surface area (Å²) in [6.07, 6.45) is 1.16. The lowest BCUT2D eigenvalue weighted by Gasteiger charge is -2.20. The zero-order chi connectivity index (χ0) is 19.1. The van der Waals surface area contributed by atoms with Crippen LogP contribution >= 0.6 is 27.5 Å². The van der Waals surface area contributed by atoms with Gasteiger partial charge in [0.05, 0.1) is 35.8 Å². The Kier molecular flexibility index (Phi) is 5.18. The van der Waals surface area contributed by atoms with Crippen molar-refractivity contribution in [2.45, 2.75) is 6.54 Å². The van der Waals surface area contributed by atoms with Crippen LogP contribution in [0.25, 0.3) is 10.9 Å². The number of rotatable bonds is 5. The van der Waals surface area contributed by atoms with Crippen LogP contribution in [0.15, 0.2) is 40.9 Å². The molecule has 2 aromatic carbocycles. The van der Waals surface area contributed by atoms with Crippen LogP contribution in [0.3, 0.4) is 0 Å². The van der Waals surface area contributed by atoms with Crippen LogP contribution in [0.5, 0.6) is 5.75 Å². The summed E-state index contributed by atoms with van der Waals surface area (Å²) in [5, 5.41) is 5.46. The lowest BCUT2D eigenvalue weighted by molar-refractivity contribution is 0.414. The standard InChI is InChI=1S/C17H17BrClN3O3S/c1-21-16-13(18)8-9-14(19)15(16)17(20-21)22(26(3,23)24)10-11-4-6-12(25-2)7-5-11/h4-9H,10H2,1-3H3. The van der Waals surface area contributed by atoms with Crippen molar-refractivity contribution in [3.8, 4) is 5.75 Å². The maximum absolute atomic E-state index is 12.5. The normalized spacial score (nSPS) is 11.7. The fourth-order valence-corrected chi connectivity index (χ4v) is 4.38. The molecule has 0 saturated carbocycles. The highest BCUT2D eigenvalue weighted by molar-refractivity contribution is 9.10. The van der Waals surface area contributed by atoms with Gasteiger partial charge in [0.15, 0.2) is 5.82 Å². The number of methoxy groups -OCH3 is 1. The molecule has 0 bridgehead atoms. The topological polar surface area (TPSA) is 64.4 Å². The molecule has 0 atom stereocenters. The monoisotopic (exact) mass is 457 g/mol. The molecule has 6 nitrogen and oxygen atoms in total. The molecule has 0 aliphatic heterocycles. The minimum atomic E-state index is -3.59. The number of aromatic nitrogens is 2. The highest BCUT2D eigenvalue weighted by Gasteiger charge is 2.26. The van der Waals surface area contributed by atoms with Crippen molar-refractivity contribution in [1.82, 2.24) is 9.78 Å². The second-order valence-corrected chi connectivity index (χ2v) is 8.99. The molecule has 0 radical (unpaired) electrons. The molecule has 0 aliphatic rings. The average Bonchev–Trinajstić information content (AvgIpc) is 2.94. The van der Waals surface area contributed by atoms with E-state index in [-0.39, 0.29) is 6.54 Å². The van der Waals surface area contributed by atoms with Crippen molar-refractivity contribution >= 4 is 54.3 Å². The SMILES string of the molecule is COc1ccc(CN(c2nn(C)c3c(Br)ccc(Cl)c23)S(C)(=O)=O)cc1. The molecule has 1 aromatic heterocycles. The molecule has 0 unspecified atom stereocenters. The van der Waals surface area contributed by atoms with Gasteiger partial charge in [-0.15, -0.1) is 0 Å². The summed E-state index contributed by atoms with van der Waals surface area (Å²) in [4.78, 5) is 0. The van der Waals surface area contributed by atoms with Crippen molar-refractivity contribution in [1.29, 1.82) is 0 Å². The van der Waals surface area contributed by atoms with E-state index in [9.17, 15) is 8.42 Å². The van der Waals surface area contributed by atoms with Gasteiger partial charge in [-0.2, -0.15) is 5.10 Å². The van der Waals surface area contributed by atoms with Gasteiger partial charge in [-0.25, -0.2) is 12.7 Å². The number of nitrogens with zero attached hydrogens (tertiary/aromatic N) is 3. The minimum Gasteiger partial charge on any atom is -0.497 e. The molecule has 0 amide bonds. The molecule has 0 aliphatic carbocycles. The van der Waals surface area contributed by atoms with Crippen LogP contribution < -0.4 is 9.04 Å². The maximum Gasteiger partial charge on any atom is 0.233 e. The number of hydrogen-bond acceptors (Lipinski definition) is 4. The molecule has 0 saturated heterocycles. The second-order valence-electron chi connectivity index (χ2n) is 5.82. The first-order chi connectivity index (χ1) is 12.2. The Bertz CT molecular complexity index is 1070. The molecule has 0 N–H and O–H groups in total. The number of aryl methyl sites for hydroxylation is 1. The number of fused-ring (bicyclic) bond motifs is 1. The van der Waals surface area contributed by atoms with Crippen molar-refractivity contribution in [2.24, 2.45) is 7.05 Å². The van der Waals surface area contributed by atoms with E-state index in [4.69, 9.17) is 16.3 Å². The summed E-state index contributed by atoms with van der Waals surface area (Å²) in [5.41, 5.74) is 1.54. The van der Waals surface area contributed by atoms with Gasteiger partial charge in [0.2, 0.25) is 10.0 Å². The van der Waals surface area contributed by atoms with Crippen LogP contribution in [0.2, 0.25) is 5.02 Å². The summed E-state index contributed by atoms with van der Waals surface area (Å²) in [6, 6.07) is 10.7. The predicted octanol–water partition coefficient (Wildman–Crippen LogP) is 3.96. The quantitative estimate of drug-likeness (QED) is 0.580. The molecule has 3 aromatic rings. The van der Waals surface area contributed by atoms with Gasteiger partial charge in [0, 0.05) is 11.5 Å². The zero-order valence-electron chi connectivity index (χ0n) is 14.4. The Labute approximate surface area is 165 Å². The Morgan fingerprint density at radius 2 is 1.88 bits per heavy atom. The van der Waals surface area contributed by atoms with E-state index in [1.54, 1.807) is 37.0 Å². The van der Waals surface area contributed by atoms with Gasteiger partial charge in [0.1, 0.15) is 5.75 Å². The highest BCUT2D eigenvalue weighted by Crippen LogP contribution is 2.37. The number of sulfonamides is 1. The third-order valence-corrected chi connectivity index (χ3v) is 6.05. The van der Waals surface area contributed by atoms with Crippen LogP contribution in [0.4, 0.5) is 5.82 Å². The van der Waals surface area contributed by atoms with Gasteiger partial charge in [0.25, 0.3) is 0 Å². The zero-order valence-corrected chi connectivity index (χ0v) is 17.6. The van der Waals surface area contributed by atoms with Gasteiger partial charge in [-0.1, -0.05) is 23.7 Å². The predicted molar refractivity (Wildman–Crippen MR) is 107 cm³/mol. The fourth-order valence-electron chi connectivity index (χ4n) is 2.73. The second kappa shape index (κ2) is 7.09. The van der Waals surface area contributed by atoms with Gasteiger partial charge in [-0.3, -0.25) is 4.68 Å². The van der Waals surface area contributed by atoms with E-state index in [2.05, 4.69) is 21.0 Å². The van der Waals surface area contributed by atoms with Gasteiger partial charge in [-0.05, 0) is 45.8 Å². The fraction of sp³-hybridized carbons (Fsp3) is 0.235. The van der Waals surface area contributed by atoms with Crippen molar-refractivity contribution in [3.63, 3.8) is 0 Å². The van der Waals surface area contributed by atoms with Gasteiger partial charge >= 0.3 is 0 Å². The highest BCUT2D eigenvalue weighted by atomic mass is 79.9. The summed E-state index contributed by atoms with van der Waals surface area (Å²) in [7, 11) is -0.255. The largest absolute Gasteiger partial charge is 0.497 e. The van der Waals surface area contributed by atoms with Crippen LogP contribution in [-0.2, 0) is 23.6 Å². The molecule has 3 rings (SSSR count). The molecular formula is C17H17BrClN3O3S. The van der Waals surface area contributed by atoms with Crippen molar-refractivity contribution in [3.05, 3.63) is 51.5 Å². The number of hydrogen-bond donors (Lipinski definition) is 0. The van der Waals surface area contributed by atoms with E-state index in [0.717, 1.165) is 21.8 Å². The molecule has 1 heterocycles. The third kappa shape index (κ3) is 3.54. The summed E-state index contributed by atoms with van der Waals surface area (Å²) < 4.78 is 33.8. The maximum atomic E-state index is 12.5. The Morgan fingerprint density at radius 3 is 2.46 bits per heavy atom. The molecule has 9 heteroatoms.